The summed E-state index contributed by atoms with van der Waals surface area (Å²) in [5, 5.41) is 0. The first-order valence-corrected chi connectivity index (χ1v) is 4.14. The van der Waals surface area contributed by atoms with Crippen LogP contribution in [0.5, 0.6) is 0 Å². The molecule has 0 radical (unpaired) electrons. The minimum absolute atomic E-state index is 0.316. The lowest BCUT2D eigenvalue weighted by Gasteiger charge is -2.04. The van der Waals surface area contributed by atoms with E-state index in [0.29, 0.717) is 33.2 Å². The van der Waals surface area contributed by atoms with Gasteiger partial charge in [-0.15, -0.1) is 0 Å². The van der Waals surface area contributed by atoms with Gasteiger partial charge in [0.1, 0.15) is 6.79 Å². The fourth-order valence-corrected chi connectivity index (χ4v) is 0.581. The smallest absolute Gasteiger partial charge is 0.146 e. The molecule has 0 aromatic rings. The van der Waals surface area contributed by atoms with E-state index in [2.05, 4.69) is 0 Å². The van der Waals surface area contributed by atoms with Crippen molar-refractivity contribution >= 4 is 0 Å². The van der Waals surface area contributed by atoms with Gasteiger partial charge in [0.15, 0.2) is 0 Å². The Morgan fingerprint density at radius 3 is 2.00 bits per heavy atom. The molecule has 0 aliphatic rings. The van der Waals surface area contributed by atoms with Crippen LogP contribution in [0.1, 0.15) is 6.92 Å². The summed E-state index contributed by atoms with van der Waals surface area (Å²) >= 11 is 0. The van der Waals surface area contributed by atoms with Crippen LogP contribution < -0.4 is 0 Å². The molecule has 4 nitrogen and oxygen atoms in total. The largest absolute Gasteiger partial charge is 0.382 e. The average Bonchev–Trinajstić information content (AvgIpc) is 2.10. The van der Waals surface area contributed by atoms with Gasteiger partial charge < -0.3 is 18.9 Å². The predicted octanol–water partition coefficient (Wildman–Crippen LogP) is 0.660. The quantitative estimate of drug-likeness (QED) is 0.384. The van der Waals surface area contributed by atoms with Crippen LogP contribution in [0.25, 0.3) is 0 Å². The van der Waals surface area contributed by atoms with Crippen molar-refractivity contribution in [1.29, 1.82) is 0 Å². The number of methoxy groups -OCH3 is 1. The van der Waals surface area contributed by atoms with Crippen LogP contribution in [0.4, 0.5) is 0 Å². The molecule has 12 heavy (non-hydrogen) atoms. The van der Waals surface area contributed by atoms with E-state index in [1.54, 1.807) is 7.11 Å². The molecule has 74 valence electrons. The summed E-state index contributed by atoms with van der Waals surface area (Å²) in [6, 6.07) is 0. The van der Waals surface area contributed by atoms with E-state index in [-0.39, 0.29) is 0 Å². The zero-order valence-corrected chi connectivity index (χ0v) is 7.88. The normalized spacial score (nSPS) is 10.5. The van der Waals surface area contributed by atoms with Crippen molar-refractivity contribution in [2.45, 2.75) is 6.92 Å². The molecule has 0 saturated carbocycles. The number of ether oxygens (including phenoxy) is 4. The highest BCUT2D eigenvalue weighted by molar-refractivity contribution is 4.26. The molecule has 0 aromatic heterocycles. The topological polar surface area (TPSA) is 36.9 Å². The van der Waals surface area contributed by atoms with Crippen LogP contribution in [-0.4, -0.2) is 46.9 Å². The van der Waals surface area contributed by atoms with Gasteiger partial charge >= 0.3 is 0 Å². The Kier molecular flexibility index (Phi) is 10.7. The Morgan fingerprint density at radius 1 is 0.833 bits per heavy atom. The average molecular weight is 178 g/mol. The second-order valence-corrected chi connectivity index (χ2v) is 2.12. The lowest BCUT2D eigenvalue weighted by molar-refractivity contribution is -0.0779. The summed E-state index contributed by atoms with van der Waals surface area (Å²) in [6.07, 6.45) is 0. The third-order valence-electron chi connectivity index (χ3n) is 1.17. The van der Waals surface area contributed by atoms with Crippen LogP contribution in [0.2, 0.25) is 0 Å². The summed E-state index contributed by atoms with van der Waals surface area (Å²) < 4.78 is 20.0. The van der Waals surface area contributed by atoms with Crippen molar-refractivity contribution in [3.8, 4) is 0 Å². The molecule has 0 atom stereocenters. The Morgan fingerprint density at radius 2 is 1.42 bits per heavy atom. The highest BCUT2D eigenvalue weighted by atomic mass is 16.7. The maximum Gasteiger partial charge on any atom is 0.146 e. The van der Waals surface area contributed by atoms with Crippen molar-refractivity contribution in [1.82, 2.24) is 0 Å². The molecule has 0 N–H and O–H groups in total. The molecular weight excluding hydrogens is 160 g/mol. The Balaban J connectivity index is 2.73. The third-order valence-corrected chi connectivity index (χ3v) is 1.17. The molecule has 0 aromatic carbocycles. The number of hydrogen-bond acceptors (Lipinski definition) is 4. The summed E-state index contributed by atoms with van der Waals surface area (Å²) in [5.74, 6) is 0. The van der Waals surface area contributed by atoms with Gasteiger partial charge in [0.2, 0.25) is 0 Å². The molecule has 0 unspecified atom stereocenters. The van der Waals surface area contributed by atoms with Gasteiger partial charge in [-0.05, 0) is 6.92 Å². The van der Waals surface area contributed by atoms with Gasteiger partial charge in [-0.25, -0.2) is 0 Å². The molecule has 0 fully saturated rings. The van der Waals surface area contributed by atoms with Crippen molar-refractivity contribution in [3.63, 3.8) is 0 Å². The SMILES string of the molecule is CCOCCOCOCCOC. The first-order valence-electron chi connectivity index (χ1n) is 4.14. The van der Waals surface area contributed by atoms with Crippen LogP contribution in [0, 0.1) is 0 Å². The molecule has 0 saturated heterocycles. The summed E-state index contributed by atoms with van der Waals surface area (Å²) in [6.45, 7) is 5.39. The summed E-state index contributed by atoms with van der Waals surface area (Å²) in [5.41, 5.74) is 0. The second kappa shape index (κ2) is 10.8. The van der Waals surface area contributed by atoms with Gasteiger partial charge in [0, 0.05) is 13.7 Å². The van der Waals surface area contributed by atoms with E-state index < -0.39 is 0 Å². The van der Waals surface area contributed by atoms with Crippen molar-refractivity contribution in [2.24, 2.45) is 0 Å². The van der Waals surface area contributed by atoms with E-state index in [0.717, 1.165) is 6.61 Å². The molecule has 0 amide bonds. The van der Waals surface area contributed by atoms with Gasteiger partial charge in [0.05, 0.1) is 26.4 Å². The first-order chi connectivity index (χ1) is 5.91. The summed E-state index contributed by atoms with van der Waals surface area (Å²) in [4.78, 5) is 0. The van der Waals surface area contributed by atoms with Crippen LogP contribution in [0.3, 0.4) is 0 Å². The third kappa shape index (κ3) is 9.84. The molecule has 0 aliphatic carbocycles. The Bertz CT molecular complexity index is 67.5. The van der Waals surface area contributed by atoms with Gasteiger partial charge in [-0.2, -0.15) is 0 Å². The van der Waals surface area contributed by atoms with Gasteiger partial charge in [0.25, 0.3) is 0 Å². The van der Waals surface area contributed by atoms with E-state index in [1.807, 2.05) is 6.92 Å². The Labute approximate surface area is 73.7 Å². The lowest BCUT2D eigenvalue weighted by atomic mass is 10.7. The molecule has 0 rings (SSSR count). The van der Waals surface area contributed by atoms with E-state index in [9.17, 15) is 0 Å². The van der Waals surface area contributed by atoms with Crippen molar-refractivity contribution < 1.29 is 18.9 Å². The first kappa shape index (κ1) is 11.8. The Hall–Kier alpha value is -0.160. The van der Waals surface area contributed by atoms with Gasteiger partial charge in [-0.3, -0.25) is 0 Å². The molecular formula is C8H18O4. The van der Waals surface area contributed by atoms with Crippen molar-refractivity contribution in [2.75, 3.05) is 46.9 Å². The van der Waals surface area contributed by atoms with E-state index >= 15 is 0 Å². The minimum Gasteiger partial charge on any atom is -0.382 e. The summed E-state index contributed by atoms with van der Waals surface area (Å²) in [7, 11) is 1.64. The van der Waals surface area contributed by atoms with Crippen LogP contribution in [-0.2, 0) is 18.9 Å². The lowest BCUT2D eigenvalue weighted by Crippen LogP contribution is -2.09. The molecule has 4 heteroatoms. The molecule has 0 heterocycles. The molecule has 0 bridgehead atoms. The monoisotopic (exact) mass is 178 g/mol. The van der Waals surface area contributed by atoms with E-state index in [1.165, 1.54) is 0 Å². The standard InChI is InChI=1S/C8H18O4/c1-3-10-6-7-12-8-11-5-4-9-2/h3-8H2,1-2H3. The second-order valence-electron chi connectivity index (χ2n) is 2.12. The minimum atomic E-state index is 0.316. The zero-order chi connectivity index (χ0) is 9.07. The van der Waals surface area contributed by atoms with Crippen LogP contribution >= 0.6 is 0 Å². The number of hydrogen-bond donors (Lipinski definition) is 0. The zero-order valence-electron chi connectivity index (χ0n) is 7.88. The van der Waals surface area contributed by atoms with Crippen LogP contribution in [0.15, 0.2) is 0 Å². The molecule has 0 aliphatic heterocycles. The van der Waals surface area contributed by atoms with E-state index in [4.69, 9.17) is 18.9 Å². The maximum atomic E-state index is 5.08. The number of rotatable bonds is 9. The highest BCUT2D eigenvalue weighted by Crippen LogP contribution is 1.80. The molecule has 0 spiro atoms. The maximum absolute atomic E-state index is 5.08. The highest BCUT2D eigenvalue weighted by Gasteiger charge is 1.88. The van der Waals surface area contributed by atoms with Crippen molar-refractivity contribution in [3.05, 3.63) is 0 Å². The van der Waals surface area contributed by atoms with Gasteiger partial charge in [-0.1, -0.05) is 0 Å². The fraction of sp³-hybridized carbons (Fsp3) is 1.00. The predicted molar refractivity (Wildman–Crippen MR) is 45.1 cm³/mol. The fourth-order valence-electron chi connectivity index (χ4n) is 0.581.